The van der Waals surface area contributed by atoms with Crippen molar-refractivity contribution in [3.8, 4) is 11.6 Å². The van der Waals surface area contributed by atoms with Crippen LogP contribution in [0.25, 0.3) is 4.96 Å². The Balaban J connectivity index is 1.50. The lowest BCUT2D eigenvalue weighted by Crippen LogP contribution is -2.47. The van der Waals surface area contributed by atoms with Gasteiger partial charge in [0, 0.05) is 38.3 Å². The van der Waals surface area contributed by atoms with E-state index in [2.05, 4.69) is 56.3 Å². The first kappa shape index (κ1) is 20.8. The zero-order valence-electron chi connectivity index (χ0n) is 18.3. The van der Waals surface area contributed by atoms with E-state index >= 15 is 0 Å². The van der Waals surface area contributed by atoms with Gasteiger partial charge in [0.1, 0.15) is 5.75 Å². The molecule has 32 heavy (non-hydrogen) atoms. The standard InChI is InChI=1S/C24H27N5O2S/c1-3-20-25-24-29(26-20)23(30)22(32-24)21(17-8-7-11-19(16-17)31-2)28-14-12-27(13-15-28)18-9-5-4-6-10-18/h4-11,16,21,30H,3,12-15H2,1-2H3/t21-/m0/s1. The third-order valence-corrected chi connectivity index (χ3v) is 7.09. The van der Waals surface area contributed by atoms with E-state index < -0.39 is 0 Å². The Morgan fingerprint density at radius 1 is 1.06 bits per heavy atom. The first-order valence-corrected chi connectivity index (χ1v) is 11.7. The van der Waals surface area contributed by atoms with Gasteiger partial charge < -0.3 is 14.7 Å². The first-order chi connectivity index (χ1) is 15.7. The van der Waals surface area contributed by atoms with Crippen molar-refractivity contribution >= 4 is 22.0 Å². The molecule has 1 saturated heterocycles. The fourth-order valence-electron chi connectivity index (χ4n) is 4.34. The molecule has 0 spiro atoms. The molecule has 3 heterocycles. The zero-order valence-corrected chi connectivity index (χ0v) is 19.1. The second-order valence-corrected chi connectivity index (χ2v) is 8.91. The Bertz CT molecular complexity index is 1200. The van der Waals surface area contributed by atoms with E-state index in [0.717, 1.165) is 59.6 Å². The van der Waals surface area contributed by atoms with Crippen molar-refractivity contribution in [2.24, 2.45) is 0 Å². The molecule has 1 N–H and O–H groups in total. The molecule has 0 amide bonds. The van der Waals surface area contributed by atoms with E-state index in [1.165, 1.54) is 17.0 Å². The zero-order chi connectivity index (χ0) is 22.1. The Kier molecular flexibility index (Phi) is 5.71. The van der Waals surface area contributed by atoms with Crippen molar-refractivity contribution < 1.29 is 9.84 Å². The van der Waals surface area contributed by atoms with Gasteiger partial charge in [-0.05, 0) is 29.8 Å². The minimum atomic E-state index is -0.0957. The summed E-state index contributed by atoms with van der Waals surface area (Å²) >= 11 is 1.51. The molecule has 4 aromatic rings. The highest BCUT2D eigenvalue weighted by Gasteiger charge is 2.32. The Hall–Kier alpha value is -3.10. The molecule has 166 valence electrons. The lowest BCUT2D eigenvalue weighted by Gasteiger charge is -2.40. The van der Waals surface area contributed by atoms with E-state index in [9.17, 15) is 5.11 Å². The van der Waals surface area contributed by atoms with Gasteiger partial charge in [-0.15, -0.1) is 5.10 Å². The topological polar surface area (TPSA) is 66.1 Å². The monoisotopic (exact) mass is 449 g/mol. The maximum atomic E-state index is 11.1. The number of aromatic hydroxyl groups is 1. The van der Waals surface area contributed by atoms with Crippen LogP contribution in [0, 0.1) is 0 Å². The van der Waals surface area contributed by atoms with Crippen LogP contribution < -0.4 is 9.64 Å². The van der Waals surface area contributed by atoms with Gasteiger partial charge in [0.2, 0.25) is 10.8 Å². The summed E-state index contributed by atoms with van der Waals surface area (Å²) in [5, 5.41) is 15.6. The summed E-state index contributed by atoms with van der Waals surface area (Å²) in [6, 6.07) is 18.5. The number of fused-ring (bicyclic) bond motifs is 1. The molecule has 0 aliphatic carbocycles. The fourth-order valence-corrected chi connectivity index (χ4v) is 5.47. The Morgan fingerprint density at radius 2 is 1.84 bits per heavy atom. The van der Waals surface area contributed by atoms with Crippen LogP contribution in [0.5, 0.6) is 11.6 Å². The van der Waals surface area contributed by atoms with E-state index in [0.29, 0.717) is 0 Å². The quantitative estimate of drug-likeness (QED) is 0.480. The summed E-state index contributed by atoms with van der Waals surface area (Å²) in [7, 11) is 1.68. The highest BCUT2D eigenvalue weighted by atomic mass is 32.1. The number of aromatic nitrogens is 3. The van der Waals surface area contributed by atoms with Gasteiger partial charge in [0.15, 0.2) is 5.82 Å². The minimum Gasteiger partial charge on any atom is -0.497 e. The highest BCUT2D eigenvalue weighted by molar-refractivity contribution is 7.17. The smallest absolute Gasteiger partial charge is 0.230 e. The number of para-hydroxylation sites is 1. The number of hydrogen-bond donors (Lipinski definition) is 1. The summed E-state index contributed by atoms with van der Waals surface area (Å²) in [5.74, 6) is 1.73. The number of anilines is 1. The van der Waals surface area contributed by atoms with Crippen molar-refractivity contribution in [2.45, 2.75) is 19.4 Å². The summed E-state index contributed by atoms with van der Waals surface area (Å²) in [6.07, 6.45) is 0.740. The minimum absolute atomic E-state index is 0.0957. The van der Waals surface area contributed by atoms with Crippen molar-refractivity contribution in [2.75, 3.05) is 38.2 Å². The van der Waals surface area contributed by atoms with Crippen molar-refractivity contribution in [3.63, 3.8) is 0 Å². The second-order valence-electron chi connectivity index (χ2n) is 7.90. The maximum absolute atomic E-state index is 11.1. The SMILES string of the molecule is CCc1nc2sc([C@H](c3cccc(OC)c3)N3CCN(c4ccccc4)CC3)c(O)n2n1. The van der Waals surface area contributed by atoms with Gasteiger partial charge in [-0.25, -0.2) is 4.98 Å². The summed E-state index contributed by atoms with van der Waals surface area (Å²) in [4.78, 5) is 11.0. The lowest BCUT2D eigenvalue weighted by atomic mass is 10.0. The molecule has 2 aromatic heterocycles. The number of aryl methyl sites for hydroxylation is 1. The molecular weight excluding hydrogens is 422 g/mol. The van der Waals surface area contributed by atoms with Crippen molar-refractivity contribution in [1.29, 1.82) is 0 Å². The average molecular weight is 450 g/mol. The van der Waals surface area contributed by atoms with Gasteiger partial charge in [0.05, 0.1) is 18.0 Å². The van der Waals surface area contributed by atoms with E-state index in [-0.39, 0.29) is 11.9 Å². The van der Waals surface area contributed by atoms with Crippen molar-refractivity contribution in [3.05, 3.63) is 70.9 Å². The number of piperazine rings is 1. The highest BCUT2D eigenvalue weighted by Crippen LogP contribution is 2.41. The molecule has 2 aromatic carbocycles. The molecular formula is C24H27N5O2S. The maximum Gasteiger partial charge on any atom is 0.230 e. The molecule has 5 rings (SSSR count). The summed E-state index contributed by atoms with van der Waals surface area (Å²) < 4.78 is 7.07. The fraction of sp³-hybridized carbons (Fsp3) is 0.333. The molecule has 0 saturated carbocycles. The summed E-state index contributed by atoms with van der Waals surface area (Å²) in [5.41, 5.74) is 2.34. The Labute approximate surface area is 191 Å². The molecule has 1 aliphatic heterocycles. The predicted octanol–water partition coefficient (Wildman–Crippen LogP) is 3.98. The molecule has 1 aliphatic rings. The predicted molar refractivity (Wildman–Crippen MR) is 127 cm³/mol. The van der Waals surface area contributed by atoms with E-state index in [1.807, 2.05) is 25.1 Å². The number of rotatable bonds is 6. The summed E-state index contributed by atoms with van der Waals surface area (Å²) in [6.45, 7) is 5.62. The van der Waals surface area contributed by atoms with Gasteiger partial charge in [0.25, 0.3) is 0 Å². The van der Waals surface area contributed by atoms with Crippen LogP contribution in [0.3, 0.4) is 0 Å². The molecule has 8 heteroatoms. The third kappa shape index (κ3) is 3.80. The number of hydrogen-bond acceptors (Lipinski definition) is 7. The van der Waals surface area contributed by atoms with E-state index in [4.69, 9.17) is 4.74 Å². The van der Waals surface area contributed by atoms with Gasteiger partial charge in [-0.2, -0.15) is 4.52 Å². The van der Waals surface area contributed by atoms with Crippen molar-refractivity contribution in [1.82, 2.24) is 19.5 Å². The molecule has 1 fully saturated rings. The van der Waals surface area contributed by atoms with Gasteiger partial charge >= 0.3 is 0 Å². The van der Waals surface area contributed by atoms with Gasteiger partial charge in [-0.1, -0.05) is 48.6 Å². The van der Waals surface area contributed by atoms with Crippen LogP contribution in [0.2, 0.25) is 0 Å². The van der Waals surface area contributed by atoms with Crippen LogP contribution in [-0.4, -0.2) is 57.9 Å². The molecule has 1 atom stereocenters. The number of methoxy groups -OCH3 is 1. The van der Waals surface area contributed by atoms with Crippen LogP contribution >= 0.6 is 11.3 Å². The van der Waals surface area contributed by atoms with Crippen LogP contribution in [0.1, 0.15) is 29.2 Å². The second kappa shape index (κ2) is 8.80. The number of benzene rings is 2. The number of thiazole rings is 1. The molecule has 7 nitrogen and oxygen atoms in total. The van der Waals surface area contributed by atoms with Crippen LogP contribution in [0.4, 0.5) is 5.69 Å². The lowest BCUT2D eigenvalue weighted by molar-refractivity contribution is 0.211. The Morgan fingerprint density at radius 3 is 2.53 bits per heavy atom. The van der Waals surface area contributed by atoms with Crippen LogP contribution in [-0.2, 0) is 6.42 Å². The first-order valence-electron chi connectivity index (χ1n) is 10.9. The number of ether oxygens (including phenoxy) is 1. The normalized spacial score (nSPS) is 15.9. The van der Waals surface area contributed by atoms with Crippen LogP contribution in [0.15, 0.2) is 54.6 Å². The largest absolute Gasteiger partial charge is 0.497 e. The van der Waals surface area contributed by atoms with Gasteiger partial charge in [-0.3, -0.25) is 4.90 Å². The average Bonchev–Trinajstić information content (AvgIpc) is 3.39. The molecule has 0 bridgehead atoms. The molecule has 0 radical (unpaired) electrons. The molecule has 0 unspecified atom stereocenters. The third-order valence-electron chi connectivity index (χ3n) is 6.02. The van der Waals surface area contributed by atoms with E-state index in [1.54, 1.807) is 11.6 Å². The number of nitrogens with zero attached hydrogens (tertiary/aromatic N) is 5.